The Labute approximate surface area is 69.1 Å². The largest absolute Gasteiger partial charge is 0.444 e. The molecule has 0 N–H and O–H groups in total. The Morgan fingerprint density at radius 2 is 2.40 bits per heavy atom. The van der Waals surface area contributed by atoms with Gasteiger partial charge in [0.15, 0.2) is 0 Å². The average Bonchev–Trinajstić information content (AvgIpc) is 2.36. The number of thioether (sulfide) groups is 1. The van der Waals surface area contributed by atoms with Gasteiger partial charge in [0, 0.05) is 5.25 Å². The Balaban J connectivity index is 2.27. The zero-order valence-corrected chi connectivity index (χ0v) is 6.77. The van der Waals surface area contributed by atoms with Gasteiger partial charge in [0.1, 0.15) is 0 Å². The molecule has 0 aromatic heterocycles. The molecule has 0 saturated carbocycles. The van der Waals surface area contributed by atoms with E-state index in [1.54, 1.807) is 0 Å². The fraction of sp³-hybridized carbons (Fsp3) is 1.00. The maximum absolute atomic E-state index is 5.42. The van der Waals surface area contributed by atoms with Gasteiger partial charge in [-0.15, -0.1) is 0 Å². The second-order valence-electron chi connectivity index (χ2n) is 2.45. The molecule has 52 valence electrons. The minimum absolute atomic E-state index is 0.244. The highest BCUT2D eigenvalue weighted by atomic mass is 32.2. The molecule has 1 heterocycles. The molecule has 10 heavy (non-hydrogen) atoms. The maximum atomic E-state index is 5.42. The van der Waals surface area contributed by atoms with Gasteiger partial charge in [-0.25, -0.2) is 0 Å². The van der Waals surface area contributed by atoms with Crippen LogP contribution in [0.4, 0.5) is 0 Å². The molecule has 1 rings (SSSR count). The van der Waals surface area contributed by atoms with Crippen molar-refractivity contribution in [2.45, 2.75) is 30.5 Å². The van der Waals surface area contributed by atoms with E-state index in [1.165, 1.54) is 0 Å². The van der Waals surface area contributed by atoms with Gasteiger partial charge in [0.25, 0.3) is 8.05 Å². The summed E-state index contributed by atoms with van der Waals surface area (Å²) >= 11 is 1.91. The van der Waals surface area contributed by atoms with Crippen LogP contribution in [0.1, 0.15) is 12.8 Å². The van der Waals surface area contributed by atoms with Crippen LogP contribution in [0.15, 0.2) is 0 Å². The number of hydrogen-bond acceptors (Lipinski definition) is 2. The Morgan fingerprint density at radius 1 is 1.60 bits per heavy atom. The highest BCUT2D eigenvalue weighted by Gasteiger charge is 2.25. The SMILES string of the molecule is [B]CCC1SCC[C@@H]1O[B]. The van der Waals surface area contributed by atoms with Crippen LogP contribution >= 0.6 is 11.8 Å². The zero-order chi connectivity index (χ0) is 7.40. The number of rotatable bonds is 3. The summed E-state index contributed by atoms with van der Waals surface area (Å²) in [6.07, 6.45) is 3.07. The summed E-state index contributed by atoms with van der Waals surface area (Å²) in [6, 6.07) is 0. The van der Waals surface area contributed by atoms with E-state index in [0.717, 1.165) is 24.9 Å². The lowest BCUT2D eigenvalue weighted by molar-refractivity contribution is 0.220. The molecule has 0 amide bonds. The molecular formula is C6H10B2OS. The second-order valence-corrected chi connectivity index (χ2v) is 3.80. The summed E-state index contributed by atoms with van der Waals surface area (Å²) in [5.41, 5.74) is 0. The van der Waals surface area contributed by atoms with Gasteiger partial charge in [0.2, 0.25) is 0 Å². The Morgan fingerprint density at radius 3 is 3.00 bits per heavy atom. The average molecular weight is 152 g/mol. The fourth-order valence-electron chi connectivity index (χ4n) is 1.22. The first-order valence-electron chi connectivity index (χ1n) is 3.55. The molecule has 0 aromatic carbocycles. The number of hydrogen-bond donors (Lipinski definition) is 0. The molecule has 0 aliphatic carbocycles. The standard InChI is InChI=1S/C6H10B2OS/c7-3-1-6-5(9-8)2-4-10-6/h5-6H,1-4H2/t5-,6?/m0/s1. The molecule has 1 aliphatic rings. The molecule has 0 aromatic rings. The molecule has 1 aliphatic heterocycles. The lowest BCUT2D eigenvalue weighted by atomic mass is 9.97. The van der Waals surface area contributed by atoms with Gasteiger partial charge in [-0.2, -0.15) is 11.8 Å². The molecule has 1 fully saturated rings. The van der Waals surface area contributed by atoms with E-state index < -0.39 is 0 Å². The van der Waals surface area contributed by atoms with Crippen LogP contribution in [0, 0.1) is 0 Å². The van der Waals surface area contributed by atoms with Crippen molar-refractivity contribution in [1.82, 2.24) is 0 Å². The first-order chi connectivity index (χ1) is 4.88. The minimum Gasteiger partial charge on any atom is -0.444 e. The van der Waals surface area contributed by atoms with E-state index in [1.807, 2.05) is 11.8 Å². The smallest absolute Gasteiger partial charge is 0.283 e. The Kier molecular flexibility index (Phi) is 3.71. The van der Waals surface area contributed by atoms with Crippen molar-refractivity contribution >= 4 is 27.7 Å². The van der Waals surface area contributed by atoms with Gasteiger partial charge >= 0.3 is 0 Å². The highest BCUT2D eigenvalue weighted by Crippen LogP contribution is 2.31. The molecule has 4 radical (unpaired) electrons. The van der Waals surface area contributed by atoms with E-state index in [9.17, 15) is 0 Å². The van der Waals surface area contributed by atoms with E-state index in [2.05, 4.69) is 0 Å². The predicted molar refractivity (Wildman–Crippen MR) is 46.7 cm³/mol. The third-order valence-corrected chi connectivity index (χ3v) is 3.21. The summed E-state index contributed by atoms with van der Waals surface area (Å²) in [5, 5.41) is 0.537. The second kappa shape index (κ2) is 4.35. The molecule has 4 heteroatoms. The third kappa shape index (κ3) is 1.96. The van der Waals surface area contributed by atoms with E-state index in [0.29, 0.717) is 5.25 Å². The van der Waals surface area contributed by atoms with Crippen LogP contribution in [0.2, 0.25) is 6.32 Å². The summed E-state index contributed by atoms with van der Waals surface area (Å²) in [6.45, 7) is 0. The first-order valence-corrected chi connectivity index (χ1v) is 4.60. The molecule has 2 atom stereocenters. The maximum Gasteiger partial charge on any atom is 0.283 e. The minimum atomic E-state index is 0.244. The van der Waals surface area contributed by atoms with Crippen LogP contribution in [0.3, 0.4) is 0 Å². The fourth-order valence-corrected chi connectivity index (χ4v) is 2.61. The first kappa shape index (κ1) is 8.54. The van der Waals surface area contributed by atoms with Crippen LogP contribution in [-0.4, -0.2) is 33.0 Å². The normalized spacial score (nSPS) is 32.8. The lowest BCUT2D eigenvalue weighted by Gasteiger charge is -2.16. The third-order valence-electron chi connectivity index (χ3n) is 1.77. The van der Waals surface area contributed by atoms with Gasteiger partial charge in [-0.05, 0) is 18.6 Å². The summed E-state index contributed by atoms with van der Waals surface area (Å²) < 4.78 is 4.80. The quantitative estimate of drug-likeness (QED) is 0.556. The van der Waals surface area contributed by atoms with Gasteiger partial charge in [-0.3, -0.25) is 0 Å². The zero-order valence-electron chi connectivity index (χ0n) is 5.95. The monoisotopic (exact) mass is 152 g/mol. The van der Waals surface area contributed by atoms with E-state index in [-0.39, 0.29) is 6.10 Å². The summed E-state index contributed by atoms with van der Waals surface area (Å²) in [4.78, 5) is 0. The van der Waals surface area contributed by atoms with E-state index in [4.69, 9.17) is 20.5 Å². The molecule has 1 saturated heterocycles. The van der Waals surface area contributed by atoms with Crippen molar-refractivity contribution in [2.75, 3.05) is 5.75 Å². The van der Waals surface area contributed by atoms with Crippen LogP contribution in [0.5, 0.6) is 0 Å². The van der Waals surface area contributed by atoms with Gasteiger partial charge in [-0.1, -0.05) is 6.32 Å². The highest BCUT2D eigenvalue weighted by molar-refractivity contribution is 8.00. The summed E-state index contributed by atoms with van der Waals surface area (Å²) in [5.74, 6) is 1.16. The summed E-state index contributed by atoms with van der Waals surface area (Å²) in [7, 11) is 10.5. The molecule has 1 nitrogen and oxygen atoms in total. The van der Waals surface area contributed by atoms with Gasteiger partial charge < -0.3 is 4.65 Å². The molecule has 1 unspecified atom stereocenters. The van der Waals surface area contributed by atoms with E-state index >= 15 is 0 Å². The van der Waals surface area contributed by atoms with Crippen molar-refractivity contribution in [2.24, 2.45) is 0 Å². The van der Waals surface area contributed by atoms with Crippen LogP contribution in [-0.2, 0) is 4.65 Å². The Hall–Kier alpha value is 0.440. The van der Waals surface area contributed by atoms with Crippen LogP contribution in [0.25, 0.3) is 0 Å². The van der Waals surface area contributed by atoms with Gasteiger partial charge in [0.05, 0.1) is 14.0 Å². The predicted octanol–water partition coefficient (Wildman–Crippen LogP) is 0.938. The molecule has 0 spiro atoms. The van der Waals surface area contributed by atoms with Crippen molar-refractivity contribution in [1.29, 1.82) is 0 Å². The molecule has 0 bridgehead atoms. The Bertz CT molecular complexity index is 102. The van der Waals surface area contributed by atoms with Crippen molar-refractivity contribution in [3.05, 3.63) is 0 Å². The van der Waals surface area contributed by atoms with Crippen molar-refractivity contribution in [3.63, 3.8) is 0 Å². The van der Waals surface area contributed by atoms with Crippen molar-refractivity contribution in [3.8, 4) is 0 Å². The van der Waals surface area contributed by atoms with Crippen molar-refractivity contribution < 1.29 is 4.65 Å². The van der Waals surface area contributed by atoms with Crippen LogP contribution < -0.4 is 0 Å². The molecular weight excluding hydrogens is 142 g/mol. The lowest BCUT2D eigenvalue weighted by Crippen LogP contribution is -2.20. The topological polar surface area (TPSA) is 9.23 Å².